The van der Waals surface area contributed by atoms with Crippen molar-refractivity contribution in [1.29, 1.82) is 5.26 Å². The van der Waals surface area contributed by atoms with Crippen LogP contribution in [0.15, 0.2) is 16.3 Å². The van der Waals surface area contributed by atoms with Crippen molar-refractivity contribution < 1.29 is 13.2 Å². The van der Waals surface area contributed by atoms with Gasteiger partial charge in [0.1, 0.15) is 15.2 Å². The molecule has 0 amide bonds. The first-order valence-electron chi connectivity index (χ1n) is 5.11. The van der Waals surface area contributed by atoms with Crippen LogP contribution in [-0.4, -0.2) is 39.0 Å². The van der Waals surface area contributed by atoms with Gasteiger partial charge < -0.3 is 4.74 Å². The van der Waals surface area contributed by atoms with E-state index in [0.717, 1.165) is 11.3 Å². The summed E-state index contributed by atoms with van der Waals surface area (Å²) in [5.74, 6) is 0. The van der Waals surface area contributed by atoms with Crippen LogP contribution < -0.4 is 0 Å². The average molecular weight is 272 g/mol. The minimum Gasteiger partial charge on any atom is -0.380 e. The van der Waals surface area contributed by atoms with E-state index in [-0.39, 0.29) is 10.3 Å². The predicted octanol–water partition coefficient (Wildman–Crippen LogP) is 1.03. The van der Waals surface area contributed by atoms with Gasteiger partial charge in [0.15, 0.2) is 0 Å². The highest BCUT2D eigenvalue weighted by atomic mass is 32.2. The van der Waals surface area contributed by atoms with Crippen LogP contribution in [0.1, 0.15) is 11.3 Å². The summed E-state index contributed by atoms with van der Waals surface area (Å²) in [6.07, 6.45) is 0.687. The molecule has 17 heavy (non-hydrogen) atoms. The van der Waals surface area contributed by atoms with Gasteiger partial charge >= 0.3 is 0 Å². The largest absolute Gasteiger partial charge is 0.380 e. The summed E-state index contributed by atoms with van der Waals surface area (Å²) in [5, 5.41) is 8.69. The third-order valence-corrected chi connectivity index (χ3v) is 6.05. The van der Waals surface area contributed by atoms with Gasteiger partial charge in [-0.25, -0.2) is 8.42 Å². The third-order valence-electron chi connectivity index (χ3n) is 2.73. The van der Waals surface area contributed by atoms with Crippen molar-refractivity contribution in [1.82, 2.24) is 4.31 Å². The Morgan fingerprint density at radius 2 is 2.35 bits per heavy atom. The normalized spacial score (nSPS) is 21.5. The molecule has 5 nitrogen and oxygen atoms in total. The average Bonchev–Trinajstić information content (AvgIpc) is 2.98. The number of nitrogens with zero attached hydrogens (tertiary/aromatic N) is 2. The van der Waals surface area contributed by atoms with Crippen molar-refractivity contribution in [3.63, 3.8) is 0 Å². The molecule has 0 bridgehead atoms. The fraction of sp³-hybridized carbons (Fsp3) is 0.500. The summed E-state index contributed by atoms with van der Waals surface area (Å²) in [6.45, 7) is 0.860. The van der Waals surface area contributed by atoms with Crippen molar-refractivity contribution in [2.24, 2.45) is 0 Å². The molecular formula is C10H12N2O3S2. The Hall–Kier alpha value is -0.940. The first-order chi connectivity index (χ1) is 8.07. The summed E-state index contributed by atoms with van der Waals surface area (Å²) in [7, 11) is -1.87. The molecule has 0 aliphatic carbocycles. The number of rotatable bonds is 3. The molecule has 0 spiro atoms. The molecule has 1 fully saturated rings. The van der Waals surface area contributed by atoms with Gasteiger partial charge in [-0.1, -0.05) is 0 Å². The van der Waals surface area contributed by atoms with E-state index in [1.165, 1.54) is 16.4 Å². The van der Waals surface area contributed by atoms with Crippen LogP contribution in [0.25, 0.3) is 0 Å². The van der Waals surface area contributed by atoms with E-state index in [1.54, 1.807) is 7.11 Å². The van der Waals surface area contributed by atoms with Gasteiger partial charge in [-0.2, -0.15) is 9.57 Å². The minimum atomic E-state index is -3.45. The predicted molar refractivity (Wildman–Crippen MR) is 63.2 cm³/mol. The smallest absolute Gasteiger partial charge is 0.252 e. The maximum atomic E-state index is 12.2. The van der Waals surface area contributed by atoms with E-state index in [2.05, 4.69) is 0 Å². The Kier molecular flexibility index (Phi) is 3.49. The van der Waals surface area contributed by atoms with E-state index in [4.69, 9.17) is 10.00 Å². The van der Waals surface area contributed by atoms with Gasteiger partial charge in [-0.05, 0) is 18.6 Å². The molecule has 1 aromatic rings. The lowest BCUT2D eigenvalue weighted by atomic mass is 10.3. The van der Waals surface area contributed by atoms with Gasteiger partial charge in [-0.15, -0.1) is 11.3 Å². The van der Waals surface area contributed by atoms with E-state index in [0.29, 0.717) is 24.4 Å². The van der Waals surface area contributed by atoms with Crippen LogP contribution in [0.5, 0.6) is 0 Å². The highest BCUT2D eigenvalue weighted by Gasteiger charge is 2.33. The SMILES string of the molecule is COC1CCN(S(=O)(=O)c2ccc(C#N)s2)C1. The summed E-state index contributed by atoms with van der Waals surface area (Å²) >= 11 is 1.00. The summed E-state index contributed by atoms with van der Waals surface area (Å²) in [5.41, 5.74) is 0. The van der Waals surface area contributed by atoms with E-state index >= 15 is 0 Å². The van der Waals surface area contributed by atoms with Crippen molar-refractivity contribution in [3.05, 3.63) is 17.0 Å². The minimum absolute atomic E-state index is 0.0276. The fourth-order valence-electron chi connectivity index (χ4n) is 1.75. The topological polar surface area (TPSA) is 70.4 Å². The molecule has 1 saturated heterocycles. The van der Waals surface area contributed by atoms with Crippen molar-refractivity contribution in [3.8, 4) is 6.07 Å². The number of hydrogen-bond donors (Lipinski definition) is 0. The van der Waals surface area contributed by atoms with Crippen LogP contribution >= 0.6 is 11.3 Å². The van der Waals surface area contributed by atoms with Gasteiger partial charge in [0, 0.05) is 20.2 Å². The Bertz CT molecular complexity index is 544. The number of methoxy groups -OCH3 is 1. The quantitative estimate of drug-likeness (QED) is 0.824. The summed E-state index contributed by atoms with van der Waals surface area (Å²) in [6, 6.07) is 4.95. The standard InChI is InChI=1S/C10H12N2O3S2/c1-15-8-4-5-12(7-8)17(13,14)10-3-2-9(6-11)16-10/h2-3,8H,4-5,7H2,1H3. The highest BCUT2D eigenvalue weighted by molar-refractivity contribution is 7.91. The molecule has 7 heteroatoms. The lowest BCUT2D eigenvalue weighted by molar-refractivity contribution is 0.115. The molecule has 1 unspecified atom stereocenters. The Morgan fingerprint density at radius 1 is 1.59 bits per heavy atom. The second-order valence-electron chi connectivity index (χ2n) is 3.74. The number of ether oxygens (including phenoxy) is 1. The maximum absolute atomic E-state index is 12.2. The van der Waals surface area contributed by atoms with Crippen LogP contribution in [0.4, 0.5) is 0 Å². The molecule has 1 aliphatic rings. The first-order valence-corrected chi connectivity index (χ1v) is 7.36. The zero-order chi connectivity index (χ0) is 12.5. The molecule has 0 saturated carbocycles. The molecular weight excluding hydrogens is 260 g/mol. The molecule has 92 valence electrons. The van der Waals surface area contributed by atoms with Crippen molar-refractivity contribution >= 4 is 21.4 Å². The van der Waals surface area contributed by atoms with E-state index in [1.807, 2.05) is 6.07 Å². The van der Waals surface area contributed by atoms with Crippen molar-refractivity contribution in [2.45, 2.75) is 16.7 Å². The van der Waals surface area contributed by atoms with Gasteiger partial charge in [0.05, 0.1) is 6.10 Å². The van der Waals surface area contributed by atoms with Gasteiger partial charge in [-0.3, -0.25) is 0 Å². The molecule has 0 N–H and O–H groups in total. The van der Waals surface area contributed by atoms with Gasteiger partial charge in [0.25, 0.3) is 10.0 Å². The molecule has 0 aromatic carbocycles. The Balaban J connectivity index is 2.23. The summed E-state index contributed by atoms with van der Waals surface area (Å²) < 4.78 is 31.2. The number of thiophene rings is 1. The molecule has 1 aliphatic heterocycles. The monoisotopic (exact) mass is 272 g/mol. The van der Waals surface area contributed by atoms with Crippen LogP contribution in [0.3, 0.4) is 0 Å². The van der Waals surface area contributed by atoms with Crippen LogP contribution in [0.2, 0.25) is 0 Å². The maximum Gasteiger partial charge on any atom is 0.252 e. The fourth-order valence-corrected chi connectivity index (χ4v) is 4.50. The highest BCUT2D eigenvalue weighted by Crippen LogP contribution is 2.27. The lowest BCUT2D eigenvalue weighted by Crippen LogP contribution is -2.29. The number of nitriles is 1. The second kappa shape index (κ2) is 4.74. The molecule has 2 rings (SSSR count). The molecule has 2 heterocycles. The summed E-state index contributed by atoms with van der Waals surface area (Å²) in [4.78, 5) is 0.408. The molecule has 1 atom stereocenters. The zero-order valence-corrected chi connectivity index (χ0v) is 10.9. The number of hydrogen-bond acceptors (Lipinski definition) is 5. The molecule has 1 aromatic heterocycles. The Labute approximate surface area is 104 Å². The lowest BCUT2D eigenvalue weighted by Gasteiger charge is -2.14. The first kappa shape index (κ1) is 12.5. The van der Waals surface area contributed by atoms with E-state index < -0.39 is 10.0 Å². The third kappa shape index (κ3) is 2.35. The van der Waals surface area contributed by atoms with Crippen LogP contribution in [-0.2, 0) is 14.8 Å². The zero-order valence-electron chi connectivity index (χ0n) is 9.29. The second-order valence-corrected chi connectivity index (χ2v) is 6.99. The van der Waals surface area contributed by atoms with E-state index in [9.17, 15) is 8.42 Å². The van der Waals surface area contributed by atoms with Gasteiger partial charge in [0.2, 0.25) is 0 Å². The van der Waals surface area contributed by atoms with Crippen LogP contribution in [0, 0.1) is 11.3 Å². The Morgan fingerprint density at radius 3 is 2.88 bits per heavy atom. The molecule has 0 radical (unpaired) electrons. The van der Waals surface area contributed by atoms with Crippen molar-refractivity contribution in [2.75, 3.05) is 20.2 Å². The number of sulfonamides is 1.